The predicted molar refractivity (Wildman–Crippen MR) is 98.1 cm³/mol. The Kier molecular flexibility index (Phi) is 5.18. The normalized spacial score (nSPS) is 13.0. The van der Waals surface area contributed by atoms with E-state index in [0.717, 1.165) is 6.42 Å². The average Bonchev–Trinajstić information content (AvgIpc) is 2.63. The average molecular weight is 338 g/mol. The second kappa shape index (κ2) is 7.70. The van der Waals surface area contributed by atoms with Gasteiger partial charge in [-0.15, -0.1) is 0 Å². The molecule has 0 bridgehead atoms. The van der Waals surface area contributed by atoms with E-state index in [4.69, 9.17) is 5.73 Å². The molecule has 0 saturated heterocycles. The number of amides is 3. The molecule has 1 heterocycles. The van der Waals surface area contributed by atoms with Crippen LogP contribution >= 0.6 is 0 Å². The Labute approximate surface area is 147 Å². The number of nitrogens with zero attached hydrogens (tertiary/aromatic N) is 1. The lowest BCUT2D eigenvalue weighted by Gasteiger charge is -2.28. The topological polar surface area (TPSA) is 87.5 Å². The van der Waals surface area contributed by atoms with Gasteiger partial charge in [-0.05, 0) is 29.7 Å². The molecule has 0 unspecified atom stereocenters. The molecular weight excluding hydrogens is 316 g/mol. The third-order valence-corrected chi connectivity index (χ3v) is 4.28. The standard InChI is InChI=1S/C19H22N4O2/c20-16-7-3-4-8-17(16)22-18(24)9-11-21-19(25)23-12-10-14-5-1-2-6-15(14)13-23/h1-8H,9-13,20H2,(H,21,25)(H,22,24). The zero-order valence-electron chi connectivity index (χ0n) is 14.0. The second-order valence-electron chi connectivity index (χ2n) is 6.06. The molecule has 0 fully saturated rings. The third kappa shape index (κ3) is 4.29. The van der Waals surface area contributed by atoms with Crippen LogP contribution in [0.4, 0.5) is 16.2 Å². The van der Waals surface area contributed by atoms with Gasteiger partial charge in [0, 0.05) is 26.1 Å². The first-order chi connectivity index (χ1) is 12.1. The van der Waals surface area contributed by atoms with Crippen molar-refractivity contribution in [3.8, 4) is 0 Å². The van der Waals surface area contributed by atoms with Crippen molar-refractivity contribution in [1.29, 1.82) is 0 Å². The fraction of sp³-hybridized carbons (Fsp3) is 0.263. The van der Waals surface area contributed by atoms with Crippen molar-refractivity contribution >= 4 is 23.3 Å². The molecule has 2 aromatic carbocycles. The van der Waals surface area contributed by atoms with Gasteiger partial charge in [-0.2, -0.15) is 0 Å². The van der Waals surface area contributed by atoms with Crippen LogP contribution in [-0.2, 0) is 17.8 Å². The van der Waals surface area contributed by atoms with Crippen molar-refractivity contribution < 1.29 is 9.59 Å². The monoisotopic (exact) mass is 338 g/mol. The second-order valence-corrected chi connectivity index (χ2v) is 6.06. The minimum atomic E-state index is -0.179. The van der Waals surface area contributed by atoms with E-state index in [9.17, 15) is 9.59 Å². The van der Waals surface area contributed by atoms with Crippen LogP contribution in [0.3, 0.4) is 0 Å². The largest absolute Gasteiger partial charge is 0.397 e. The number of nitrogens with two attached hydrogens (primary N) is 1. The number of para-hydroxylation sites is 2. The number of nitrogens with one attached hydrogen (secondary N) is 2. The minimum absolute atomic E-state index is 0.137. The van der Waals surface area contributed by atoms with Crippen LogP contribution in [0.2, 0.25) is 0 Å². The summed E-state index contributed by atoms with van der Waals surface area (Å²) in [7, 11) is 0. The molecular formula is C19H22N4O2. The van der Waals surface area contributed by atoms with Gasteiger partial charge in [0.1, 0.15) is 0 Å². The van der Waals surface area contributed by atoms with Gasteiger partial charge in [0.15, 0.2) is 0 Å². The van der Waals surface area contributed by atoms with Crippen LogP contribution in [-0.4, -0.2) is 29.9 Å². The Bertz CT molecular complexity index is 776. The van der Waals surface area contributed by atoms with Crippen LogP contribution < -0.4 is 16.4 Å². The lowest BCUT2D eigenvalue weighted by Crippen LogP contribution is -2.43. The SMILES string of the molecule is Nc1ccccc1NC(=O)CCNC(=O)N1CCc2ccccc2C1. The maximum Gasteiger partial charge on any atom is 0.317 e. The Balaban J connectivity index is 1.44. The first-order valence-electron chi connectivity index (χ1n) is 8.37. The number of carbonyl (C=O) groups excluding carboxylic acids is 2. The molecule has 0 spiro atoms. The molecule has 0 aromatic heterocycles. The number of benzene rings is 2. The van der Waals surface area contributed by atoms with Gasteiger partial charge in [0.05, 0.1) is 11.4 Å². The maximum absolute atomic E-state index is 12.3. The van der Waals surface area contributed by atoms with Crippen LogP contribution in [0.15, 0.2) is 48.5 Å². The third-order valence-electron chi connectivity index (χ3n) is 4.28. The van der Waals surface area contributed by atoms with Crippen molar-refractivity contribution in [1.82, 2.24) is 10.2 Å². The molecule has 4 N–H and O–H groups in total. The van der Waals surface area contributed by atoms with E-state index >= 15 is 0 Å². The van der Waals surface area contributed by atoms with E-state index in [0.29, 0.717) is 24.5 Å². The highest BCUT2D eigenvalue weighted by atomic mass is 16.2. The zero-order chi connectivity index (χ0) is 17.6. The molecule has 130 valence electrons. The van der Waals surface area contributed by atoms with Crippen LogP contribution in [0, 0.1) is 0 Å². The highest BCUT2D eigenvalue weighted by molar-refractivity contribution is 5.94. The summed E-state index contributed by atoms with van der Waals surface area (Å²) < 4.78 is 0. The number of hydrogen-bond acceptors (Lipinski definition) is 3. The molecule has 1 aliphatic heterocycles. The summed E-state index contributed by atoms with van der Waals surface area (Å²) in [5.41, 5.74) is 9.38. The van der Waals surface area contributed by atoms with E-state index in [1.165, 1.54) is 11.1 Å². The number of fused-ring (bicyclic) bond motifs is 1. The molecule has 2 aromatic rings. The lowest BCUT2D eigenvalue weighted by atomic mass is 10.0. The molecule has 0 saturated carbocycles. The molecule has 6 nitrogen and oxygen atoms in total. The quantitative estimate of drug-likeness (QED) is 0.748. The zero-order valence-corrected chi connectivity index (χ0v) is 14.0. The maximum atomic E-state index is 12.3. The Morgan fingerprint density at radius 3 is 2.56 bits per heavy atom. The fourth-order valence-electron chi connectivity index (χ4n) is 2.89. The smallest absolute Gasteiger partial charge is 0.317 e. The van der Waals surface area contributed by atoms with Gasteiger partial charge in [0.2, 0.25) is 5.91 Å². The summed E-state index contributed by atoms with van der Waals surface area (Å²) in [6, 6.07) is 15.1. The van der Waals surface area contributed by atoms with Crippen molar-refractivity contribution in [2.75, 3.05) is 24.1 Å². The molecule has 25 heavy (non-hydrogen) atoms. The van der Waals surface area contributed by atoms with Crippen molar-refractivity contribution in [3.63, 3.8) is 0 Å². The molecule has 0 atom stereocenters. The van der Waals surface area contributed by atoms with Crippen molar-refractivity contribution in [2.45, 2.75) is 19.4 Å². The van der Waals surface area contributed by atoms with Gasteiger partial charge in [-0.1, -0.05) is 36.4 Å². The number of rotatable bonds is 4. The van der Waals surface area contributed by atoms with Gasteiger partial charge < -0.3 is 21.3 Å². The summed E-state index contributed by atoms with van der Waals surface area (Å²) in [5, 5.41) is 5.56. The van der Waals surface area contributed by atoms with E-state index in [1.54, 1.807) is 17.0 Å². The van der Waals surface area contributed by atoms with Crippen LogP contribution in [0.1, 0.15) is 17.5 Å². The summed E-state index contributed by atoms with van der Waals surface area (Å²) in [6.45, 7) is 1.58. The molecule has 0 radical (unpaired) electrons. The number of anilines is 2. The minimum Gasteiger partial charge on any atom is -0.397 e. The highest BCUT2D eigenvalue weighted by Gasteiger charge is 2.20. The summed E-state index contributed by atoms with van der Waals surface area (Å²) in [6.07, 6.45) is 1.06. The van der Waals surface area contributed by atoms with Crippen molar-refractivity contribution in [3.05, 3.63) is 59.7 Å². The lowest BCUT2D eigenvalue weighted by molar-refractivity contribution is -0.116. The van der Waals surface area contributed by atoms with E-state index in [2.05, 4.69) is 16.7 Å². The number of urea groups is 1. The first-order valence-corrected chi connectivity index (χ1v) is 8.37. The number of carbonyl (C=O) groups is 2. The number of hydrogen-bond donors (Lipinski definition) is 3. The van der Waals surface area contributed by atoms with Gasteiger partial charge in [-0.25, -0.2) is 4.79 Å². The number of nitrogen functional groups attached to an aromatic ring is 1. The molecule has 1 aliphatic rings. The molecule has 6 heteroatoms. The van der Waals surface area contributed by atoms with Crippen LogP contribution in [0.25, 0.3) is 0 Å². The Hall–Kier alpha value is -3.02. The van der Waals surface area contributed by atoms with E-state index in [1.807, 2.05) is 30.3 Å². The predicted octanol–water partition coefficient (Wildman–Crippen LogP) is 2.37. The van der Waals surface area contributed by atoms with Crippen molar-refractivity contribution in [2.24, 2.45) is 0 Å². The van der Waals surface area contributed by atoms with Gasteiger partial charge in [0.25, 0.3) is 0 Å². The van der Waals surface area contributed by atoms with E-state index in [-0.39, 0.29) is 24.9 Å². The molecule has 3 rings (SSSR count). The Morgan fingerprint density at radius 1 is 1.04 bits per heavy atom. The van der Waals surface area contributed by atoms with E-state index < -0.39 is 0 Å². The van der Waals surface area contributed by atoms with Gasteiger partial charge >= 0.3 is 6.03 Å². The van der Waals surface area contributed by atoms with Gasteiger partial charge in [-0.3, -0.25) is 4.79 Å². The highest BCUT2D eigenvalue weighted by Crippen LogP contribution is 2.18. The first kappa shape index (κ1) is 16.8. The Morgan fingerprint density at radius 2 is 1.76 bits per heavy atom. The molecule has 3 amide bonds. The summed E-state index contributed by atoms with van der Waals surface area (Å²) >= 11 is 0. The summed E-state index contributed by atoms with van der Waals surface area (Å²) in [4.78, 5) is 26.0. The van der Waals surface area contributed by atoms with Crippen LogP contribution in [0.5, 0.6) is 0 Å². The fourth-order valence-corrected chi connectivity index (χ4v) is 2.89. The summed E-state index contributed by atoms with van der Waals surface area (Å²) in [5.74, 6) is -0.179. The molecule has 0 aliphatic carbocycles.